The average molecular weight is 372 g/mol. The molecule has 134 valence electrons. The van der Waals surface area contributed by atoms with Crippen molar-refractivity contribution >= 4 is 28.7 Å². The third-order valence-corrected chi connectivity index (χ3v) is 4.60. The van der Waals surface area contributed by atoms with Crippen molar-refractivity contribution in [2.75, 3.05) is 13.7 Å². The molecule has 0 bridgehead atoms. The number of benzene rings is 2. The Labute approximate surface area is 156 Å². The highest BCUT2D eigenvalue weighted by Crippen LogP contribution is 2.24. The number of methoxy groups -OCH3 is 1. The van der Waals surface area contributed by atoms with Crippen LogP contribution in [-0.4, -0.2) is 35.9 Å². The van der Waals surface area contributed by atoms with Gasteiger partial charge in [0.15, 0.2) is 12.4 Å². The minimum Gasteiger partial charge on any atom is -0.497 e. The van der Waals surface area contributed by atoms with E-state index in [0.29, 0.717) is 34.4 Å². The van der Waals surface area contributed by atoms with Gasteiger partial charge in [-0.2, -0.15) is 0 Å². The van der Waals surface area contributed by atoms with Crippen molar-refractivity contribution in [2.45, 2.75) is 11.6 Å². The second-order valence-corrected chi connectivity index (χ2v) is 6.60. The van der Waals surface area contributed by atoms with E-state index in [-0.39, 0.29) is 18.8 Å². The van der Waals surface area contributed by atoms with Crippen molar-refractivity contribution in [3.63, 3.8) is 0 Å². The monoisotopic (exact) mass is 372 g/mol. The zero-order chi connectivity index (χ0) is 19.4. The first-order valence-corrected chi connectivity index (χ1v) is 8.65. The quantitative estimate of drug-likeness (QED) is 0.753. The number of thioether (sulfide) groups is 1. The maximum absolute atomic E-state index is 12.2. The SMILES string of the molecule is [2H][C@@]1(Cc2ccc(OCC(=O)c3cccc(OC)c3)cc2)SC(=O)NC1=O. The van der Waals surface area contributed by atoms with Crippen LogP contribution >= 0.6 is 11.8 Å². The van der Waals surface area contributed by atoms with Crippen LogP contribution in [0, 0.1) is 0 Å². The summed E-state index contributed by atoms with van der Waals surface area (Å²) < 4.78 is 18.7. The first kappa shape index (κ1) is 16.7. The van der Waals surface area contributed by atoms with Gasteiger partial charge >= 0.3 is 0 Å². The van der Waals surface area contributed by atoms with Gasteiger partial charge in [0, 0.05) is 5.56 Å². The van der Waals surface area contributed by atoms with Crippen molar-refractivity contribution in [3.05, 3.63) is 59.7 Å². The molecular weight excluding hydrogens is 354 g/mol. The molecule has 1 heterocycles. The predicted octanol–water partition coefficient (Wildman–Crippen LogP) is 2.85. The molecule has 2 amide bonds. The maximum atomic E-state index is 12.2. The second kappa shape index (κ2) is 8.05. The van der Waals surface area contributed by atoms with E-state index in [1.807, 2.05) is 0 Å². The molecule has 6 nitrogen and oxygen atoms in total. The molecule has 0 saturated carbocycles. The molecule has 0 unspecified atom stereocenters. The Hall–Kier alpha value is -2.80. The Balaban J connectivity index is 1.58. The fourth-order valence-corrected chi connectivity index (χ4v) is 3.13. The van der Waals surface area contributed by atoms with Gasteiger partial charge in [0.1, 0.15) is 11.5 Å². The van der Waals surface area contributed by atoms with Crippen molar-refractivity contribution < 1.29 is 25.2 Å². The first-order valence-electron chi connectivity index (χ1n) is 8.33. The summed E-state index contributed by atoms with van der Waals surface area (Å²) in [4.78, 5) is 35.2. The van der Waals surface area contributed by atoms with Gasteiger partial charge in [0.2, 0.25) is 5.91 Å². The molecule has 3 rings (SSSR count). The van der Waals surface area contributed by atoms with Crippen LogP contribution in [0.3, 0.4) is 0 Å². The molecule has 1 saturated heterocycles. The van der Waals surface area contributed by atoms with Crippen molar-refractivity contribution in [1.29, 1.82) is 0 Å². The number of ether oxygens (including phenoxy) is 2. The Morgan fingerprint density at radius 1 is 1.19 bits per heavy atom. The van der Waals surface area contributed by atoms with Crippen LogP contribution in [0.2, 0.25) is 0 Å². The van der Waals surface area contributed by atoms with Gasteiger partial charge < -0.3 is 9.47 Å². The number of ketones is 1. The molecule has 7 heteroatoms. The van der Waals surface area contributed by atoms with E-state index in [1.54, 1.807) is 48.5 Å². The second-order valence-electron chi connectivity index (χ2n) is 5.53. The molecule has 0 aromatic heterocycles. The molecule has 0 radical (unpaired) electrons. The molecule has 1 N–H and O–H groups in total. The smallest absolute Gasteiger partial charge is 0.286 e. The number of carbonyl (C=O) groups is 3. The lowest BCUT2D eigenvalue weighted by molar-refractivity contribution is -0.118. The van der Waals surface area contributed by atoms with Crippen LogP contribution in [0.4, 0.5) is 4.79 Å². The highest BCUT2D eigenvalue weighted by molar-refractivity contribution is 8.15. The van der Waals surface area contributed by atoms with E-state index < -0.39 is 16.4 Å². The minimum absolute atomic E-state index is 0.0955. The van der Waals surface area contributed by atoms with Crippen LogP contribution < -0.4 is 14.8 Å². The summed E-state index contributed by atoms with van der Waals surface area (Å²) in [5.74, 6) is 0.304. The minimum atomic E-state index is -1.55. The van der Waals surface area contributed by atoms with Crippen LogP contribution in [0.1, 0.15) is 17.3 Å². The summed E-state index contributed by atoms with van der Waals surface area (Å²) in [5, 5.41) is 0.0598. The molecule has 2 aromatic rings. The number of carbonyl (C=O) groups excluding carboxylic acids is 3. The topological polar surface area (TPSA) is 81.7 Å². The largest absolute Gasteiger partial charge is 0.497 e. The highest BCUT2D eigenvalue weighted by Gasteiger charge is 2.31. The van der Waals surface area contributed by atoms with E-state index >= 15 is 0 Å². The van der Waals surface area contributed by atoms with Gasteiger partial charge in [0.25, 0.3) is 5.24 Å². The lowest BCUT2D eigenvalue weighted by Gasteiger charge is -2.09. The fourth-order valence-electron chi connectivity index (χ4n) is 2.38. The average Bonchev–Trinajstić information content (AvgIpc) is 2.92. The molecule has 1 atom stereocenters. The molecule has 1 aliphatic heterocycles. The molecular formula is C19H17NO5S. The lowest BCUT2D eigenvalue weighted by atomic mass is 10.1. The Morgan fingerprint density at radius 3 is 2.62 bits per heavy atom. The van der Waals surface area contributed by atoms with E-state index in [0.717, 1.165) is 0 Å². The maximum Gasteiger partial charge on any atom is 0.286 e. The summed E-state index contributed by atoms with van der Waals surface area (Å²) in [5.41, 5.74) is 1.21. The summed E-state index contributed by atoms with van der Waals surface area (Å²) >= 11 is 0.671. The molecule has 2 aromatic carbocycles. The molecule has 1 fully saturated rings. The summed E-state index contributed by atoms with van der Waals surface area (Å²) in [6.45, 7) is -0.123. The zero-order valence-electron chi connectivity index (χ0n) is 15.0. The molecule has 1 aliphatic rings. The number of imide groups is 1. The van der Waals surface area contributed by atoms with Crippen LogP contribution in [0.15, 0.2) is 48.5 Å². The van der Waals surface area contributed by atoms with Crippen molar-refractivity contribution in [3.8, 4) is 11.5 Å². The fraction of sp³-hybridized carbons (Fsp3) is 0.211. The van der Waals surface area contributed by atoms with Gasteiger partial charge in [-0.05, 0) is 36.2 Å². The lowest BCUT2D eigenvalue weighted by Crippen LogP contribution is -2.25. The highest BCUT2D eigenvalue weighted by atomic mass is 32.2. The predicted molar refractivity (Wildman–Crippen MR) is 97.9 cm³/mol. The summed E-state index contributed by atoms with van der Waals surface area (Å²) in [6.07, 6.45) is 0.0955. The number of Topliss-reactive ketones (excluding diaryl/α,β-unsaturated/α-hetero) is 1. The van der Waals surface area contributed by atoms with Crippen LogP contribution in [-0.2, 0) is 11.2 Å². The van der Waals surface area contributed by atoms with Gasteiger partial charge in [-0.15, -0.1) is 0 Å². The van der Waals surface area contributed by atoms with Crippen molar-refractivity contribution in [2.24, 2.45) is 0 Å². The number of nitrogens with one attached hydrogen (secondary N) is 1. The van der Waals surface area contributed by atoms with Gasteiger partial charge in [-0.3, -0.25) is 19.7 Å². The van der Waals surface area contributed by atoms with Gasteiger partial charge in [0.05, 0.1) is 13.7 Å². The Bertz CT molecular complexity index is 886. The third-order valence-electron chi connectivity index (χ3n) is 3.73. The number of amides is 2. The zero-order valence-corrected chi connectivity index (χ0v) is 14.8. The van der Waals surface area contributed by atoms with Gasteiger partial charge in [-0.25, -0.2) is 0 Å². The number of hydrogen-bond donors (Lipinski definition) is 1. The van der Waals surface area contributed by atoms with Gasteiger partial charge in [-0.1, -0.05) is 36.0 Å². The Kier molecular flexibility index (Phi) is 5.16. The Morgan fingerprint density at radius 2 is 1.96 bits per heavy atom. The number of rotatable bonds is 7. The molecule has 0 aliphatic carbocycles. The molecule has 0 spiro atoms. The first-order chi connectivity index (χ1) is 12.9. The standard InChI is InChI=1S/C19H17NO5S/c1-24-15-4-2-3-13(10-15)16(21)11-25-14-7-5-12(6-8-14)9-17-18(22)20-19(23)26-17/h2-8,10,17H,9,11H2,1H3,(H,20,22,23)/t17-/m0/s1/i17D. The summed E-state index contributed by atoms with van der Waals surface area (Å²) in [7, 11) is 1.53. The van der Waals surface area contributed by atoms with E-state index in [2.05, 4.69) is 5.32 Å². The van der Waals surface area contributed by atoms with Crippen LogP contribution in [0.5, 0.6) is 11.5 Å². The summed E-state index contributed by atoms with van der Waals surface area (Å²) in [6, 6.07) is 13.6. The van der Waals surface area contributed by atoms with E-state index in [4.69, 9.17) is 10.8 Å². The van der Waals surface area contributed by atoms with Crippen LogP contribution in [0.25, 0.3) is 0 Å². The normalized spacial score (nSPS) is 19.7. The van der Waals surface area contributed by atoms with E-state index in [1.165, 1.54) is 7.11 Å². The third kappa shape index (κ3) is 4.43. The van der Waals surface area contributed by atoms with Crippen molar-refractivity contribution in [1.82, 2.24) is 5.32 Å². The molecule has 26 heavy (non-hydrogen) atoms. The van der Waals surface area contributed by atoms with E-state index in [9.17, 15) is 14.4 Å². The number of hydrogen-bond acceptors (Lipinski definition) is 6.